The fourth-order valence-electron chi connectivity index (χ4n) is 4.04. The lowest BCUT2D eigenvalue weighted by Gasteiger charge is -2.37. The lowest BCUT2D eigenvalue weighted by atomic mass is 9.97. The predicted octanol–water partition coefficient (Wildman–Crippen LogP) is 1.13. The predicted molar refractivity (Wildman–Crippen MR) is 119 cm³/mol. The maximum absolute atomic E-state index is 13.4. The first kappa shape index (κ1) is 26.3. The molecule has 0 spiro atoms. The minimum absolute atomic E-state index is 0.0738. The van der Waals surface area contributed by atoms with E-state index in [2.05, 4.69) is 5.32 Å². The van der Waals surface area contributed by atoms with Gasteiger partial charge in [-0.25, -0.2) is 4.79 Å². The molecule has 0 radical (unpaired) electrons. The molecule has 1 aliphatic heterocycles. The molecule has 1 aliphatic rings. The largest absolute Gasteiger partial charge is 0.481 e. The number of benzene rings is 1. The summed E-state index contributed by atoms with van der Waals surface area (Å²) in [6.07, 6.45) is 1.40. The van der Waals surface area contributed by atoms with E-state index in [1.54, 1.807) is 6.92 Å². The molecule has 0 bridgehead atoms. The summed E-state index contributed by atoms with van der Waals surface area (Å²) in [4.78, 5) is 49.9. The number of likely N-dealkylation sites (tertiary alicyclic amines) is 1. The lowest BCUT2D eigenvalue weighted by Crippen LogP contribution is -2.68. The van der Waals surface area contributed by atoms with Crippen LogP contribution in [-0.4, -0.2) is 69.8 Å². The number of ether oxygens (including phenoxy) is 1. The lowest BCUT2D eigenvalue weighted by molar-refractivity contribution is -0.153. The molecule has 33 heavy (non-hydrogen) atoms. The van der Waals surface area contributed by atoms with E-state index in [1.807, 2.05) is 30.3 Å². The summed E-state index contributed by atoms with van der Waals surface area (Å²) in [7, 11) is 0. The van der Waals surface area contributed by atoms with Gasteiger partial charge in [-0.3, -0.25) is 19.7 Å². The number of nitrogens with zero attached hydrogens (tertiary/aromatic N) is 1. The maximum atomic E-state index is 13.4. The Bertz CT molecular complexity index is 833. The van der Waals surface area contributed by atoms with Crippen LogP contribution in [0.1, 0.15) is 51.0 Å². The number of hydrogen-bond acceptors (Lipinski definition) is 7. The van der Waals surface area contributed by atoms with Crippen LogP contribution < -0.4 is 11.1 Å². The van der Waals surface area contributed by atoms with Crippen LogP contribution in [0, 0.1) is 0 Å². The number of aliphatic carboxylic acids is 2. The van der Waals surface area contributed by atoms with Crippen LogP contribution in [0.25, 0.3) is 0 Å². The Hall–Kier alpha value is -2.98. The van der Waals surface area contributed by atoms with Gasteiger partial charge in [-0.2, -0.15) is 0 Å². The number of aryl methyl sites for hydroxylation is 1. The minimum atomic E-state index is -1.82. The van der Waals surface area contributed by atoms with E-state index in [9.17, 15) is 24.3 Å². The van der Waals surface area contributed by atoms with Crippen LogP contribution in [-0.2, 0) is 30.3 Å². The molecule has 182 valence electrons. The minimum Gasteiger partial charge on any atom is -0.481 e. The molecule has 5 N–H and O–H groups in total. The van der Waals surface area contributed by atoms with Crippen molar-refractivity contribution in [3.63, 3.8) is 0 Å². The van der Waals surface area contributed by atoms with Gasteiger partial charge in [-0.15, -0.1) is 0 Å². The highest BCUT2D eigenvalue weighted by atomic mass is 16.5. The van der Waals surface area contributed by atoms with Crippen molar-refractivity contribution in [2.75, 3.05) is 13.2 Å². The first-order valence-electron chi connectivity index (χ1n) is 11.2. The smallest absolute Gasteiger partial charge is 0.326 e. The van der Waals surface area contributed by atoms with Gasteiger partial charge in [0.15, 0.2) is 0 Å². The third-order valence-electron chi connectivity index (χ3n) is 5.71. The van der Waals surface area contributed by atoms with Crippen molar-refractivity contribution in [1.29, 1.82) is 0 Å². The average Bonchev–Trinajstić information content (AvgIpc) is 3.27. The number of amides is 1. The SMILES string of the molecule is CCOC(=O)C(CCc1ccccc1)N[C@](N)(CCCC(=O)O)C(=O)N1CCC[C@H]1C(=O)O. The van der Waals surface area contributed by atoms with Gasteiger partial charge in [0.25, 0.3) is 5.91 Å². The fraction of sp³-hybridized carbons (Fsp3) is 0.565. The Morgan fingerprint density at radius 1 is 1.24 bits per heavy atom. The molecule has 1 aromatic carbocycles. The maximum Gasteiger partial charge on any atom is 0.326 e. The van der Waals surface area contributed by atoms with Crippen molar-refractivity contribution in [2.45, 2.75) is 69.6 Å². The van der Waals surface area contributed by atoms with E-state index >= 15 is 0 Å². The van der Waals surface area contributed by atoms with E-state index in [-0.39, 0.29) is 38.8 Å². The molecule has 1 heterocycles. The number of carboxylic acid groups (broad SMARTS) is 2. The Morgan fingerprint density at radius 3 is 2.55 bits per heavy atom. The highest BCUT2D eigenvalue weighted by molar-refractivity contribution is 5.91. The van der Waals surface area contributed by atoms with Gasteiger partial charge in [0.1, 0.15) is 17.7 Å². The Labute approximate surface area is 193 Å². The van der Waals surface area contributed by atoms with E-state index in [0.717, 1.165) is 5.56 Å². The van der Waals surface area contributed by atoms with Crippen LogP contribution in [0.15, 0.2) is 30.3 Å². The van der Waals surface area contributed by atoms with Gasteiger partial charge in [0.2, 0.25) is 0 Å². The Kier molecular flexibility index (Phi) is 9.80. The molecule has 1 saturated heterocycles. The summed E-state index contributed by atoms with van der Waals surface area (Å²) in [6.45, 7) is 2.03. The number of carbonyl (C=O) groups is 4. The van der Waals surface area contributed by atoms with Crippen molar-refractivity contribution < 1.29 is 34.1 Å². The van der Waals surface area contributed by atoms with Crippen molar-refractivity contribution >= 4 is 23.8 Å². The summed E-state index contributed by atoms with van der Waals surface area (Å²) >= 11 is 0. The fourth-order valence-corrected chi connectivity index (χ4v) is 4.04. The Morgan fingerprint density at radius 2 is 1.94 bits per heavy atom. The number of nitrogens with one attached hydrogen (secondary N) is 1. The van der Waals surface area contributed by atoms with Gasteiger partial charge in [0.05, 0.1) is 6.61 Å². The van der Waals surface area contributed by atoms with Gasteiger partial charge in [-0.1, -0.05) is 30.3 Å². The molecular weight excluding hydrogens is 430 g/mol. The number of nitrogens with two attached hydrogens (primary N) is 1. The van der Waals surface area contributed by atoms with E-state index < -0.39 is 41.6 Å². The first-order valence-corrected chi connectivity index (χ1v) is 11.2. The van der Waals surface area contributed by atoms with Crippen molar-refractivity contribution in [3.8, 4) is 0 Å². The third-order valence-corrected chi connectivity index (χ3v) is 5.71. The molecule has 1 amide bonds. The second kappa shape index (κ2) is 12.3. The molecule has 2 rings (SSSR count). The van der Waals surface area contributed by atoms with Crippen LogP contribution in [0.3, 0.4) is 0 Å². The summed E-state index contributed by atoms with van der Waals surface area (Å²) < 4.78 is 5.18. The molecule has 10 nitrogen and oxygen atoms in total. The molecule has 10 heteroatoms. The quantitative estimate of drug-likeness (QED) is 0.248. The van der Waals surface area contributed by atoms with E-state index in [4.69, 9.17) is 15.6 Å². The topological polar surface area (TPSA) is 159 Å². The number of rotatable bonds is 13. The summed E-state index contributed by atoms with van der Waals surface area (Å²) in [5.41, 5.74) is 5.65. The zero-order chi connectivity index (χ0) is 24.4. The van der Waals surface area contributed by atoms with Gasteiger partial charge >= 0.3 is 17.9 Å². The summed E-state index contributed by atoms with van der Waals surface area (Å²) in [5, 5.41) is 21.4. The molecule has 3 atom stereocenters. The number of esters is 1. The Balaban J connectivity index is 2.26. The average molecular weight is 464 g/mol. The van der Waals surface area contributed by atoms with Gasteiger partial charge < -0.3 is 25.6 Å². The van der Waals surface area contributed by atoms with Gasteiger partial charge in [-0.05, 0) is 51.0 Å². The molecular formula is C23H33N3O7. The van der Waals surface area contributed by atoms with Crippen LogP contribution in [0.4, 0.5) is 0 Å². The molecule has 1 fully saturated rings. The zero-order valence-electron chi connectivity index (χ0n) is 18.9. The summed E-state index contributed by atoms with van der Waals surface area (Å²) in [5.74, 6) is -3.41. The van der Waals surface area contributed by atoms with E-state index in [1.165, 1.54) is 4.90 Å². The van der Waals surface area contributed by atoms with Crippen LogP contribution in [0.5, 0.6) is 0 Å². The van der Waals surface area contributed by atoms with Crippen molar-refractivity contribution in [2.24, 2.45) is 5.73 Å². The zero-order valence-corrected chi connectivity index (χ0v) is 18.9. The number of carboxylic acids is 2. The standard InChI is InChI=1S/C23H33N3O7/c1-2-33-21(31)17(13-12-16-8-4-3-5-9-16)25-23(24,14-6-11-19(27)28)22(32)26-15-7-10-18(26)20(29)30/h3-5,8-9,17-18,25H,2,6-7,10-15,24H2,1H3,(H,27,28)(H,29,30)/t17?,18-,23+/m0/s1. The van der Waals surface area contributed by atoms with Crippen molar-refractivity contribution in [3.05, 3.63) is 35.9 Å². The number of carbonyl (C=O) groups excluding carboxylic acids is 2. The molecule has 0 aromatic heterocycles. The third kappa shape index (κ3) is 7.54. The van der Waals surface area contributed by atoms with Crippen molar-refractivity contribution in [1.82, 2.24) is 10.2 Å². The molecule has 1 unspecified atom stereocenters. The number of hydrogen-bond donors (Lipinski definition) is 4. The second-order valence-electron chi connectivity index (χ2n) is 8.19. The highest BCUT2D eigenvalue weighted by Gasteiger charge is 2.45. The van der Waals surface area contributed by atoms with Crippen LogP contribution in [0.2, 0.25) is 0 Å². The molecule has 0 aliphatic carbocycles. The van der Waals surface area contributed by atoms with Gasteiger partial charge in [0, 0.05) is 13.0 Å². The molecule has 1 aromatic rings. The normalized spacial score (nSPS) is 18.4. The highest BCUT2D eigenvalue weighted by Crippen LogP contribution is 2.23. The molecule has 0 saturated carbocycles. The monoisotopic (exact) mass is 463 g/mol. The second-order valence-corrected chi connectivity index (χ2v) is 8.19. The van der Waals surface area contributed by atoms with Crippen LogP contribution >= 0.6 is 0 Å². The summed E-state index contributed by atoms with van der Waals surface area (Å²) in [6, 6.07) is 7.52. The first-order chi connectivity index (χ1) is 15.7. The van der Waals surface area contributed by atoms with E-state index in [0.29, 0.717) is 19.3 Å².